The minimum absolute atomic E-state index is 0.169. The molecule has 0 bridgehead atoms. The molecule has 1 unspecified atom stereocenters. The van der Waals surface area contributed by atoms with Crippen molar-refractivity contribution in [1.82, 2.24) is 29.9 Å². The van der Waals surface area contributed by atoms with Gasteiger partial charge in [-0.3, -0.25) is 14.3 Å². The van der Waals surface area contributed by atoms with E-state index in [1.54, 1.807) is 9.36 Å². The van der Waals surface area contributed by atoms with Gasteiger partial charge in [-0.05, 0) is 82.9 Å². The number of carbonyl (C=O) groups excluding carboxylic acids is 1. The zero-order valence-corrected chi connectivity index (χ0v) is 26.1. The summed E-state index contributed by atoms with van der Waals surface area (Å²) in [6, 6.07) is 12.8. The first-order valence-electron chi connectivity index (χ1n) is 15.0. The van der Waals surface area contributed by atoms with Gasteiger partial charge >= 0.3 is 5.97 Å². The fourth-order valence-electron chi connectivity index (χ4n) is 5.39. The number of anilines is 1. The van der Waals surface area contributed by atoms with Crippen LogP contribution in [0.3, 0.4) is 0 Å². The molecular weight excluding hydrogens is 558 g/mol. The molecule has 5 rings (SSSR count). The Kier molecular flexibility index (Phi) is 9.14. The molecule has 1 aliphatic rings. The van der Waals surface area contributed by atoms with Crippen molar-refractivity contribution in [1.29, 1.82) is 0 Å². The van der Waals surface area contributed by atoms with Crippen molar-refractivity contribution >= 4 is 17.7 Å². The number of aliphatic carboxylic acids is 1. The molecule has 0 aliphatic carbocycles. The fourth-order valence-corrected chi connectivity index (χ4v) is 5.39. The van der Waals surface area contributed by atoms with Gasteiger partial charge in [0.25, 0.3) is 5.91 Å². The van der Waals surface area contributed by atoms with Crippen molar-refractivity contribution in [3.8, 4) is 5.69 Å². The first-order chi connectivity index (χ1) is 21.0. The van der Waals surface area contributed by atoms with Gasteiger partial charge in [-0.1, -0.05) is 18.2 Å². The second-order valence-electron chi connectivity index (χ2n) is 12.3. The van der Waals surface area contributed by atoms with Crippen molar-refractivity contribution in [3.05, 3.63) is 88.1 Å². The zero-order chi connectivity index (χ0) is 31.4. The van der Waals surface area contributed by atoms with E-state index in [1.165, 1.54) is 11.8 Å². The minimum Gasteiger partial charge on any atom is -0.481 e. The van der Waals surface area contributed by atoms with Gasteiger partial charge in [0, 0.05) is 30.9 Å². The summed E-state index contributed by atoms with van der Waals surface area (Å²) in [6.45, 7) is 11.3. The average Bonchev–Trinajstić information content (AvgIpc) is 3.55. The standard InChI is InChI=1S/C33H41N7O4/c1-21-16-22(2)40(38-21)26-10-6-8-24(17-26)28(18-30(41)42)37-32(43)27-19-35-39(29(27)20-44-33(3,4)5)15-13-25-12-11-23-9-7-14-34-31(23)36-25/h6,8,10-12,16-17,19,28H,7,9,13-15,18,20H2,1-5H3,(H,34,36)(H,37,43)(H,41,42). The first kappa shape index (κ1) is 30.9. The van der Waals surface area contributed by atoms with Crippen molar-refractivity contribution in [3.63, 3.8) is 0 Å². The number of hydrogen-bond acceptors (Lipinski definition) is 7. The van der Waals surface area contributed by atoms with Crippen LogP contribution < -0.4 is 10.6 Å². The molecule has 0 fully saturated rings. The third-order valence-corrected chi connectivity index (χ3v) is 7.58. The van der Waals surface area contributed by atoms with Crippen LogP contribution in [-0.2, 0) is 35.5 Å². The number of rotatable bonds is 11. The molecular formula is C33H41N7O4. The van der Waals surface area contributed by atoms with Gasteiger partial charge in [0.1, 0.15) is 5.82 Å². The van der Waals surface area contributed by atoms with Crippen LogP contribution in [0.4, 0.5) is 5.82 Å². The summed E-state index contributed by atoms with van der Waals surface area (Å²) in [5, 5.41) is 25.2. The molecule has 3 aromatic heterocycles. The molecule has 11 heteroatoms. The third kappa shape index (κ3) is 7.52. The number of carbonyl (C=O) groups is 2. The number of carboxylic acids is 1. The summed E-state index contributed by atoms with van der Waals surface area (Å²) in [6.07, 6.45) is 4.00. The molecule has 1 atom stereocenters. The molecule has 0 spiro atoms. The maximum atomic E-state index is 13.8. The number of aromatic nitrogens is 5. The highest BCUT2D eigenvalue weighted by Gasteiger charge is 2.25. The molecule has 4 heterocycles. The number of hydrogen-bond donors (Lipinski definition) is 3. The van der Waals surface area contributed by atoms with Crippen LogP contribution in [0.5, 0.6) is 0 Å². The van der Waals surface area contributed by atoms with E-state index in [1.807, 2.05) is 71.0 Å². The molecule has 0 saturated carbocycles. The molecule has 3 N–H and O–H groups in total. The molecule has 1 amide bonds. The number of nitrogens with one attached hydrogen (secondary N) is 2. The molecule has 0 saturated heterocycles. The van der Waals surface area contributed by atoms with E-state index in [-0.39, 0.29) is 13.0 Å². The van der Waals surface area contributed by atoms with Crippen LogP contribution in [0.15, 0.2) is 48.7 Å². The van der Waals surface area contributed by atoms with Crippen LogP contribution in [-0.4, -0.2) is 53.7 Å². The summed E-state index contributed by atoms with van der Waals surface area (Å²) < 4.78 is 9.68. The van der Waals surface area contributed by atoms with Crippen molar-refractivity contribution in [2.24, 2.45) is 0 Å². The van der Waals surface area contributed by atoms with Gasteiger partial charge in [0.05, 0.1) is 53.5 Å². The zero-order valence-electron chi connectivity index (χ0n) is 26.1. The number of aryl methyl sites for hydroxylation is 5. The van der Waals surface area contributed by atoms with Gasteiger partial charge in [-0.15, -0.1) is 0 Å². The summed E-state index contributed by atoms with van der Waals surface area (Å²) in [5.74, 6) is -0.495. The number of nitrogens with zero attached hydrogens (tertiary/aromatic N) is 5. The molecule has 44 heavy (non-hydrogen) atoms. The van der Waals surface area contributed by atoms with E-state index in [0.29, 0.717) is 29.8 Å². The average molecular weight is 600 g/mol. The van der Waals surface area contributed by atoms with E-state index in [0.717, 1.165) is 48.0 Å². The van der Waals surface area contributed by atoms with Gasteiger partial charge in [-0.25, -0.2) is 9.67 Å². The lowest BCUT2D eigenvalue weighted by Gasteiger charge is -2.22. The Morgan fingerprint density at radius 3 is 2.70 bits per heavy atom. The Bertz CT molecular complexity index is 1650. The second kappa shape index (κ2) is 13.0. The predicted octanol–water partition coefficient (Wildman–Crippen LogP) is 4.94. The highest BCUT2D eigenvalue weighted by atomic mass is 16.5. The second-order valence-corrected chi connectivity index (χ2v) is 12.3. The monoisotopic (exact) mass is 599 g/mol. The summed E-state index contributed by atoms with van der Waals surface area (Å²) >= 11 is 0. The Labute approximate surface area is 257 Å². The lowest BCUT2D eigenvalue weighted by atomic mass is 10.0. The lowest BCUT2D eigenvalue weighted by molar-refractivity contribution is -0.137. The van der Waals surface area contributed by atoms with Crippen LogP contribution >= 0.6 is 0 Å². The van der Waals surface area contributed by atoms with Gasteiger partial charge < -0.3 is 20.5 Å². The summed E-state index contributed by atoms with van der Waals surface area (Å²) in [5.41, 5.74) is 5.98. The number of pyridine rings is 1. The van der Waals surface area contributed by atoms with Crippen molar-refractivity contribution in [2.75, 3.05) is 11.9 Å². The van der Waals surface area contributed by atoms with E-state index < -0.39 is 23.5 Å². The number of fused-ring (bicyclic) bond motifs is 1. The minimum atomic E-state index is -1.02. The number of amides is 1. The van der Waals surface area contributed by atoms with Crippen LogP contribution in [0, 0.1) is 13.8 Å². The lowest BCUT2D eigenvalue weighted by Crippen LogP contribution is -2.31. The Morgan fingerprint density at radius 2 is 1.98 bits per heavy atom. The smallest absolute Gasteiger partial charge is 0.305 e. The van der Waals surface area contributed by atoms with E-state index in [4.69, 9.17) is 9.72 Å². The van der Waals surface area contributed by atoms with E-state index in [9.17, 15) is 14.7 Å². The van der Waals surface area contributed by atoms with Crippen molar-refractivity contribution < 1.29 is 19.4 Å². The SMILES string of the molecule is Cc1cc(C)n(-c2cccc(C(CC(=O)O)NC(=O)c3cnn(CCc4ccc5c(n4)NCCC5)c3COC(C)(C)C)c2)n1. The van der Waals surface area contributed by atoms with Gasteiger partial charge in [0.2, 0.25) is 0 Å². The largest absolute Gasteiger partial charge is 0.481 e. The summed E-state index contributed by atoms with van der Waals surface area (Å²) in [4.78, 5) is 30.5. The fraction of sp³-hybridized carbons (Fsp3) is 0.424. The molecule has 1 aromatic carbocycles. The highest BCUT2D eigenvalue weighted by Crippen LogP contribution is 2.24. The Hall–Kier alpha value is -4.51. The van der Waals surface area contributed by atoms with Gasteiger partial charge in [0.15, 0.2) is 0 Å². The molecule has 4 aromatic rings. The third-order valence-electron chi connectivity index (χ3n) is 7.58. The molecule has 1 aliphatic heterocycles. The number of carboxylic acid groups (broad SMARTS) is 1. The van der Waals surface area contributed by atoms with Crippen LogP contribution in [0.25, 0.3) is 5.69 Å². The first-order valence-corrected chi connectivity index (χ1v) is 15.0. The Balaban J connectivity index is 1.39. The van der Waals surface area contributed by atoms with Gasteiger partial charge in [-0.2, -0.15) is 10.2 Å². The highest BCUT2D eigenvalue weighted by molar-refractivity contribution is 5.95. The maximum Gasteiger partial charge on any atom is 0.305 e. The molecule has 232 valence electrons. The topological polar surface area (TPSA) is 136 Å². The molecule has 0 radical (unpaired) electrons. The molecule has 11 nitrogen and oxygen atoms in total. The quantitative estimate of drug-likeness (QED) is 0.221. The maximum absolute atomic E-state index is 13.8. The summed E-state index contributed by atoms with van der Waals surface area (Å²) in [7, 11) is 0. The van der Waals surface area contributed by atoms with Crippen LogP contribution in [0.2, 0.25) is 0 Å². The van der Waals surface area contributed by atoms with E-state index >= 15 is 0 Å². The van der Waals surface area contributed by atoms with Crippen molar-refractivity contribution in [2.45, 2.75) is 85.1 Å². The number of benzene rings is 1. The normalized spacial score (nSPS) is 13.7. The number of ether oxygens (including phenoxy) is 1. The Morgan fingerprint density at radius 1 is 1.16 bits per heavy atom. The van der Waals surface area contributed by atoms with Crippen LogP contribution in [0.1, 0.15) is 83.9 Å². The predicted molar refractivity (Wildman–Crippen MR) is 167 cm³/mol. The van der Waals surface area contributed by atoms with E-state index in [2.05, 4.69) is 26.9 Å².